The third kappa shape index (κ3) is 5.96. The van der Waals surface area contributed by atoms with Crippen LogP contribution in [0.3, 0.4) is 0 Å². The van der Waals surface area contributed by atoms with Crippen molar-refractivity contribution in [3.63, 3.8) is 0 Å². The Morgan fingerprint density at radius 2 is 2.08 bits per heavy atom. The van der Waals surface area contributed by atoms with Crippen molar-refractivity contribution in [2.75, 3.05) is 25.2 Å². The average molecular weight is 362 g/mol. The third-order valence-electron chi connectivity index (χ3n) is 3.09. The molecule has 0 saturated heterocycles. The Labute approximate surface area is 148 Å². The lowest BCUT2D eigenvalue weighted by Crippen LogP contribution is -2.22. The fourth-order valence-electron chi connectivity index (χ4n) is 1.93. The lowest BCUT2D eigenvalue weighted by atomic mass is 10.3. The van der Waals surface area contributed by atoms with Gasteiger partial charge in [0.05, 0.1) is 25.0 Å². The minimum atomic E-state index is -0.371. The summed E-state index contributed by atoms with van der Waals surface area (Å²) < 4.78 is 5.09. The summed E-state index contributed by atoms with van der Waals surface area (Å²) >= 11 is 1.08. The SMILES string of the molecule is CNC(=O)Cc1cc(=O)[nH]c(SCC(=O)Nc2cccc(OC)c2)n1. The second-order valence-electron chi connectivity index (χ2n) is 4.96. The summed E-state index contributed by atoms with van der Waals surface area (Å²) in [4.78, 5) is 41.8. The van der Waals surface area contributed by atoms with Crippen molar-refractivity contribution >= 4 is 29.3 Å². The molecule has 0 unspecified atom stereocenters. The molecule has 0 bridgehead atoms. The molecule has 0 aliphatic heterocycles. The van der Waals surface area contributed by atoms with Crippen molar-refractivity contribution in [1.29, 1.82) is 0 Å². The minimum Gasteiger partial charge on any atom is -0.497 e. The maximum atomic E-state index is 12.0. The predicted molar refractivity (Wildman–Crippen MR) is 95.0 cm³/mol. The van der Waals surface area contributed by atoms with Crippen molar-refractivity contribution in [3.8, 4) is 5.75 Å². The lowest BCUT2D eigenvalue weighted by Gasteiger charge is -2.07. The molecular weight excluding hydrogens is 344 g/mol. The standard InChI is InChI=1S/C16H18N4O4S/c1-17-13(21)7-11-8-14(22)20-16(19-11)25-9-15(23)18-10-4-3-5-12(6-10)24-2/h3-6,8H,7,9H2,1-2H3,(H,17,21)(H,18,23)(H,19,20,22). The number of rotatable bonds is 7. The second kappa shape index (κ2) is 8.88. The number of hydrogen-bond donors (Lipinski definition) is 3. The smallest absolute Gasteiger partial charge is 0.251 e. The van der Waals surface area contributed by atoms with Gasteiger partial charge in [-0.05, 0) is 12.1 Å². The van der Waals surface area contributed by atoms with Crippen LogP contribution in [-0.4, -0.2) is 41.7 Å². The molecule has 25 heavy (non-hydrogen) atoms. The summed E-state index contributed by atoms with van der Waals surface area (Å²) in [5, 5.41) is 5.49. The molecule has 0 atom stereocenters. The average Bonchev–Trinajstić information content (AvgIpc) is 2.59. The van der Waals surface area contributed by atoms with E-state index in [9.17, 15) is 14.4 Å². The number of benzene rings is 1. The van der Waals surface area contributed by atoms with E-state index in [2.05, 4.69) is 20.6 Å². The zero-order valence-electron chi connectivity index (χ0n) is 13.8. The normalized spacial score (nSPS) is 10.2. The van der Waals surface area contributed by atoms with Crippen molar-refractivity contribution < 1.29 is 14.3 Å². The van der Waals surface area contributed by atoms with Gasteiger partial charge in [0.1, 0.15) is 5.75 Å². The molecule has 1 aromatic carbocycles. The van der Waals surface area contributed by atoms with Gasteiger partial charge in [-0.15, -0.1) is 0 Å². The number of nitrogens with one attached hydrogen (secondary N) is 3. The Morgan fingerprint density at radius 3 is 2.80 bits per heavy atom. The number of aromatic amines is 1. The Morgan fingerprint density at radius 1 is 1.28 bits per heavy atom. The van der Waals surface area contributed by atoms with Crippen LogP contribution in [0.5, 0.6) is 5.75 Å². The first kappa shape index (κ1) is 18.5. The largest absolute Gasteiger partial charge is 0.497 e. The van der Waals surface area contributed by atoms with Crippen LogP contribution in [0, 0.1) is 0 Å². The first-order valence-corrected chi connectivity index (χ1v) is 8.36. The summed E-state index contributed by atoms with van der Waals surface area (Å²) in [5.41, 5.74) is 0.586. The topological polar surface area (TPSA) is 113 Å². The molecule has 1 heterocycles. The maximum absolute atomic E-state index is 12.0. The number of ether oxygens (including phenoxy) is 1. The molecule has 0 radical (unpaired) electrons. The van der Waals surface area contributed by atoms with Gasteiger partial charge >= 0.3 is 0 Å². The number of hydrogen-bond acceptors (Lipinski definition) is 6. The van der Waals surface area contributed by atoms with E-state index in [1.54, 1.807) is 31.4 Å². The van der Waals surface area contributed by atoms with E-state index in [0.717, 1.165) is 11.8 Å². The highest BCUT2D eigenvalue weighted by molar-refractivity contribution is 7.99. The molecule has 2 amide bonds. The molecule has 0 spiro atoms. The van der Waals surface area contributed by atoms with Gasteiger partial charge < -0.3 is 20.4 Å². The molecule has 0 saturated carbocycles. The van der Waals surface area contributed by atoms with Crippen LogP contribution in [0.4, 0.5) is 5.69 Å². The van der Waals surface area contributed by atoms with Gasteiger partial charge in [0.15, 0.2) is 5.16 Å². The monoisotopic (exact) mass is 362 g/mol. The van der Waals surface area contributed by atoms with E-state index in [-0.39, 0.29) is 34.7 Å². The highest BCUT2D eigenvalue weighted by Gasteiger charge is 2.09. The molecule has 132 valence electrons. The molecule has 2 aromatic rings. The fourth-order valence-corrected chi connectivity index (χ4v) is 2.62. The van der Waals surface area contributed by atoms with Gasteiger partial charge in [0.25, 0.3) is 5.56 Å². The second-order valence-corrected chi connectivity index (χ2v) is 5.92. The van der Waals surface area contributed by atoms with Crippen molar-refractivity contribution in [1.82, 2.24) is 15.3 Å². The van der Waals surface area contributed by atoms with E-state index in [4.69, 9.17) is 4.74 Å². The molecule has 2 rings (SSSR count). The lowest BCUT2D eigenvalue weighted by molar-refractivity contribution is -0.120. The van der Waals surface area contributed by atoms with Gasteiger partial charge in [0, 0.05) is 24.9 Å². The maximum Gasteiger partial charge on any atom is 0.251 e. The van der Waals surface area contributed by atoms with Crippen LogP contribution >= 0.6 is 11.8 Å². The van der Waals surface area contributed by atoms with Crippen LogP contribution in [0.15, 0.2) is 40.3 Å². The molecular formula is C16H18N4O4S. The van der Waals surface area contributed by atoms with Gasteiger partial charge in [-0.3, -0.25) is 14.4 Å². The number of methoxy groups -OCH3 is 1. The highest BCUT2D eigenvalue weighted by Crippen LogP contribution is 2.18. The summed E-state index contributed by atoms with van der Waals surface area (Å²) in [5.74, 6) is 0.199. The highest BCUT2D eigenvalue weighted by atomic mass is 32.2. The van der Waals surface area contributed by atoms with Gasteiger partial charge in [-0.2, -0.15) is 0 Å². The number of likely N-dealkylation sites (N-methyl/N-ethyl adjacent to an activating group) is 1. The van der Waals surface area contributed by atoms with E-state index < -0.39 is 0 Å². The Hall–Kier alpha value is -2.81. The zero-order chi connectivity index (χ0) is 18.2. The zero-order valence-corrected chi connectivity index (χ0v) is 14.6. The Kier molecular flexibility index (Phi) is 6.58. The van der Waals surface area contributed by atoms with Crippen LogP contribution in [0.2, 0.25) is 0 Å². The number of thioether (sulfide) groups is 1. The Bertz CT molecular complexity index is 822. The first-order chi connectivity index (χ1) is 12.0. The van der Waals surface area contributed by atoms with Crippen molar-refractivity contribution in [2.24, 2.45) is 0 Å². The quantitative estimate of drug-likeness (QED) is 0.496. The number of carbonyl (C=O) groups excluding carboxylic acids is 2. The number of anilines is 1. The van der Waals surface area contributed by atoms with E-state index in [0.29, 0.717) is 17.1 Å². The number of aromatic nitrogens is 2. The van der Waals surface area contributed by atoms with Crippen molar-refractivity contribution in [3.05, 3.63) is 46.4 Å². The molecule has 9 heteroatoms. The molecule has 0 fully saturated rings. The third-order valence-corrected chi connectivity index (χ3v) is 3.96. The number of carbonyl (C=O) groups is 2. The first-order valence-electron chi connectivity index (χ1n) is 7.37. The summed E-state index contributed by atoms with van der Waals surface area (Å²) in [7, 11) is 3.05. The van der Waals surface area contributed by atoms with Gasteiger partial charge in [-0.1, -0.05) is 17.8 Å². The van der Waals surface area contributed by atoms with Crippen molar-refractivity contribution in [2.45, 2.75) is 11.6 Å². The number of nitrogens with zero attached hydrogens (tertiary/aromatic N) is 1. The van der Waals surface area contributed by atoms with Crippen LogP contribution < -0.4 is 20.9 Å². The van der Waals surface area contributed by atoms with E-state index >= 15 is 0 Å². The van der Waals surface area contributed by atoms with Gasteiger partial charge in [0.2, 0.25) is 11.8 Å². The van der Waals surface area contributed by atoms with Gasteiger partial charge in [-0.25, -0.2) is 4.98 Å². The molecule has 8 nitrogen and oxygen atoms in total. The predicted octanol–water partition coefficient (Wildman–Crippen LogP) is 0.798. The molecule has 3 N–H and O–H groups in total. The molecule has 0 aliphatic rings. The fraction of sp³-hybridized carbons (Fsp3) is 0.250. The molecule has 1 aromatic heterocycles. The van der Waals surface area contributed by atoms with Crippen LogP contribution in [0.1, 0.15) is 5.69 Å². The van der Waals surface area contributed by atoms with E-state index in [1.807, 2.05) is 0 Å². The van der Waals surface area contributed by atoms with E-state index in [1.165, 1.54) is 13.1 Å². The van der Waals surface area contributed by atoms with Crippen LogP contribution in [-0.2, 0) is 16.0 Å². The number of H-pyrrole nitrogens is 1. The Balaban J connectivity index is 1.96. The summed E-state index contributed by atoms with van der Waals surface area (Å²) in [6.45, 7) is 0. The van der Waals surface area contributed by atoms with Crippen LogP contribution in [0.25, 0.3) is 0 Å². The molecule has 0 aliphatic carbocycles. The summed E-state index contributed by atoms with van der Waals surface area (Å²) in [6, 6.07) is 8.25. The minimum absolute atomic E-state index is 0.00395. The summed E-state index contributed by atoms with van der Waals surface area (Å²) in [6.07, 6.45) is 0.00395. The number of amides is 2.